The third-order valence-electron chi connectivity index (χ3n) is 3.00. The molecule has 0 saturated carbocycles. The molecule has 0 spiro atoms. The minimum atomic E-state index is 0.274. The van der Waals surface area contributed by atoms with Gasteiger partial charge < -0.3 is 16.2 Å². The molecular formula is C14H19N3O. The molecule has 4 nitrogen and oxygen atoms in total. The molecule has 0 bridgehead atoms. The molecule has 0 unspecified atom stereocenters. The highest BCUT2D eigenvalue weighted by atomic mass is 16.2. The van der Waals surface area contributed by atoms with Gasteiger partial charge in [0.05, 0.1) is 0 Å². The van der Waals surface area contributed by atoms with Gasteiger partial charge in [-0.1, -0.05) is 0 Å². The molecule has 1 aromatic carbocycles. The molecule has 0 aliphatic carbocycles. The Kier molecular flexibility index (Phi) is 4.36. The summed E-state index contributed by atoms with van der Waals surface area (Å²) in [4.78, 5) is 4.10. The van der Waals surface area contributed by atoms with Crippen molar-refractivity contribution >= 4 is 22.1 Å². The number of pyridine rings is 1. The number of aromatic nitrogens is 1. The van der Waals surface area contributed by atoms with Crippen LogP contribution in [0.3, 0.4) is 0 Å². The summed E-state index contributed by atoms with van der Waals surface area (Å²) in [5.74, 6) is 0. The van der Waals surface area contributed by atoms with Gasteiger partial charge in [-0.2, -0.15) is 0 Å². The first-order valence-corrected chi connectivity index (χ1v) is 6.30. The highest BCUT2D eigenvalue weighted by molar-refractivity contribution is 6.00. The normalized spacial score (nSPS) is 10.7. The molecule has 0 aliphatic rings. The van der Waals surface area contributed by atoms with Crippen LogP contribution in [0, 0.1) is 0 Å². The molecule has 2 aromatic rings. The molecule has 1 aromatic heterocycles. The molecule has 2 rings (SSSR count). The number of hydrogen-bond donors (Lipinski definition) is 3. The zero-order chi connectivity index (χ0) is 12.8. The molecule has 96 valence electrons. The van der Waals surface area contributed by atoms with Gasteiger partial charge in [0.25, 0.3) is 0 Å². The van der Waals surface area contributed by atoms with E-state index in [0.717, 1.165) is 48.0 Å². The summed E-state index contributed by atoms with van der Waals surface area (Å²) in [6, 6.07) is 5.88. The molecule has 0 saturated heterocycles. The van der Waals surface area contributed by atoms with Crippen molar-refractivity contribution in [1.82, 2.24) is 4.98 Å². The van der Waals surface area contributed by atoms with Gasteiger partial charge in [0, 0.05) is 47.7 Å². The number of nitrogen functional groups attached to an aromatic ring is 1. The predicted molar refractivity (Wildman–Crippen MR) is 75.6 cm³/mol. The van der Waals surface area contributed by atoms with Gasteiger partial charge >= 0.3 is 0 Å². The van der Waals surface area contributed by atoms with E-state index in [1.807, 2.05) is 18.2 Å². The summed E-state index contributed by atoms with van der Waals surface area (Å²) in [6.07, 6.45) is 6.53. The molecule has 1 heterocycles. The first-order valence-electron chi connectivity index (χ1n) is 6.30. The van der Waals surface area contributed by atoms with E-state index in [-0.39, 0.29) is 6.61 Å². The van der Waals surface area contributed by atoms with Gasteiger partial charge in [-0.3, -0.25) is 4.98 Å². The van der Waals surface area contributed by atoms with E-state index < -0.39 is 0 Å². The average Bonchev–Trinajstić information content (AvgIpc) is 2.41. The summed E-state index contributed by atoms with van der Waals surface area (Å²) in [6.45, 7) is 1.18. The van der Waals surface area contributed by atoms with Crippen molar-refractivity contribution in [2.24, 2.45) is 0 Å². The van der Waals surface area contributed by atoms with Crippen LogP contribution in [0.1, 0.15) is 19.3 Å². The Hall–Kier alpha value is -1.81. The van der Waals surface area contributed by atoms with Crippen LogP contribution < -0.4 is 11.1 Å². The fourth-order valence-corrected chi connectivity index (χ4v) is 2.00. The van der Waals surface area contributed by atoms with Gasteiger partial charge in [-0.15, -0.1) is 0 Å². The number of aliphatic hydroxyl groups is 1. The SMILES string of the molecule is Nc1ccc(NCCCCCO)c2ccncc12. The minimum Gasteiger partial charge on any atom is -0.398 e. The van der Waals surface area contributed by atoms with Crippen LogP contribution >= 0.6 is 0 Å². The summed E-state index contributed by atoms with van der Waals surface area (Å²) < 4.78 is 0. The van der Waals surface area contributed by atoms with Crippen molar-refractivity contribution in [2.45, 2.75) is 19.3 Å². The minimum absolute atomic E-state index is 0.274. The van der Waals surface area contributed by atoms with Crippen LogP contribution in [0.5, 0.6) is 0 Å². The third-order valence-corrected chi connectivity index (χ3v) is 3.00. The average molecular weight is 245 g/mol. The predicted octanol–water partition coefficient (Wildman–Crippen LogP) is 2.39. The molecule has 0 amide bonds. The Morgan fingerprint density at radius 3 is 2.83 bits per heavy atom. The number of rotatable bonds is 6. The summed E-state index contributed by atoms with van der Waals surface area (Å²) in [7, 11) is 0. The standard InChI is InChI=1S/C14H19N3O/c15-13-4-5-14(17-7-2-1-3-9-18)11-6-8-16-10-12(11)13/h4-6,8,10,17-18H,1-3,7,9,15H2. The number of fused-ring (bicyclic) bond motifs is 1. The Morgan fingerprint density at radius 2 is 2.00 bits per heavy atom. The molecule has 0 fully saturated rings. The van der Waals surface area contributed by atoms with Crippen LogP contribution in [-0.4, -0.2) is 23.2 Å². The first kappa shape index (κ1) is 12.6. The summed E-state index contributed by atoms with van der Waals surface area (Å²) in [5, 5.41) is 14.2. The van der Waals surface area contributed by atoms with E-state index in [1.54, 1.807) is 12.4 Å². The van der Waals surface area contributed by atoms with Gasteiger partial charge in [-0.05, 0) is 37.5 Å². The number of hydrogen-bond acceptors (Lipinski definition) is 4. The van der Waals surface area contributed by atoms with Gasteiger partial charge in [0.1, 0.15) is 0 Å². The van der Waals surface area contributed by atoms with Crippen molar-refractivity contribution in [1.29, 1.82) is 0 Å². The fraction of sp³-hybridized carbons (Fsp3) is 0.357. The molecule has 4 heteroatoms. The first-order chi connectivity index (χ1) is 8.83. The topological polar surface area (TPSA) is 71.2 Å². The Morgan fingerprint density at radius 1 is 1.11 bits per heavy atom. The zero-order valence-corrected chi connectivity index (χ0v) is 10.4. The quantitative estimate of drug-likeness (QED) is 0.540. The van der Waals surface area contributed by atoms with E-state index in [0.29, 0.717) is 0 Å². The van der Waals surface area contributed by atoms with E-state index in [4.69, 9.17) is 10.8 Å². The second-order valence-corrected chi connectivity index (χ2v) is 4.33. The van der Waals surface area contributed by atoms with Crippen LogP contribution in [0.15, 0.2) is 30.6 Å². The molecule has 0 radical (unpaired) electrons. The van der Waals surface area contributed by atoms with E-state index >= 15 is 0 Å². The lowest BCUT2D eigenvalue weighted by Gasteiger charge is -2.10. The molecular weight excluding hydrogens is 226 g/mol. The lowest BCUT2D eigenvalue weighted by Crippen LogP contribution is -2.03. The Balaban J connectivity index is 2.07. The summed E-state index contributed by atoms with van der Waals surface area (Å²) >= 11 is 0. The second-order valence-electron chi connectivity index (χ2n) is 4.33. The largest absolute Gasteiger partial charge is 0.398 e. The van der Waals surface area contributed by atoms with Crippen molar-refractivity contribution in [3.05, 3.63) is 30.6 Å². The number of nitrogens with one attached hydrogen (secondary N) is 1. The van der Waals surface area contributed by atoms with Crippen molar-refractivity contribution in [3.8, 4) is 0 Å². The number of nitrogens with two attached hydrogens (primary N) is 1. The molecule has 4 N–H and O–H groups in total. The highest BCUT2D eigenvalue weighted by Gasteiger charge is 2.03. The number of benzene rings is 1. The summed E-state index contributed by atoms with van der Waals surface area (Å²) in [5.41, 5.74) is 7.77. The van der Waals surface area contributed by atoms with Crippen molar-refractivity contribution < 1.29 is 5.11 Å². The highest BCUT2D eigenvalue weighted by Crippen LogP contribution is 2.27. The maximum absolute atomic E-state index is 8.71. The van der Waals surface area contributed by atoms with E-state index in [2.05, 4.69) is 10.3 Å². The lowest BCUT2D eigenvalue weighted by molar-refractivity contribution is 0.283. The van der Waals surface area contributed by atoms with Crippen LogP contribution in [0.25, 0.3) is 10.8 Å². The Bertz CT molecular complexity index is 513. The number of anilines is 2. The monoisotopic (exact) mass is 245 g/mol. The smallest absolute Gasteiger partial charge is 0.0431 e. The lowest BCUT2D eigenvalue weighted by atomic mass is 10.1. The van der Waals surface area contributed by atoms with Gasteiger partial charge in [0.2, 0.25) is 0 Å². The van der Waals surface area contributed by atoms with Crippen LogP contribution in [-0.2, 0) is 0 Å². The molecule has 0 aliphatic heterocycles. The van der Waals surface area contributed by atoms with Crippen LogP contribution in [0.4, 0.5) is 11.4 Å². The van der Waals surface area contributed by atoms with Crippen LogP contribution in [0.2, 0.25) is 0 Å². The number of nitrogens with zero attached hydrogens (tertiary/aromatic N) is 1. The van der Waals surface area contributed by atoms with E-state index in [9.17, 15) is 0 Å². The maximum atomic E-state index is 8.71. The second kappa shape index (κ2) is 6.21. The zero-order valence-electron chi connectivity index (χ0n) is 10.4. The van der Waals surface area contributed by atoms with Gasteiger partial charge in [0.15, 0.2) is 0 Å². The molecule has 18 heavy (non-hydrogen) atoms. The number of unbranched alkanes of at least 4 members (excludes halogenated alkanes) is 2. The number of aliphatic hydroxyl groups excluding tert-OH is 1. The van der Waals surface area contributed by atoms with E-state index in [1.165, 1.54) is 0 Å². The maximum Gasteiger partial charge on any atom is 0.0431 e. The van der Waals surface area contributed by atoms with Gasteiger partial charge in [-0.25, -0.2) is 0 Å². The Labute approximate surface area is 107 Å². The molecule has 0 atom stereocenters. The van der Waals surface area contributed by atoms with Crippen molar-refractivity contribution in [2.75, 3.05) is 24.2 Å². The van der Waals surface area contributed by atoms with Crippen molar-refractivity contribution in [3.63, 3.8) is 0 Å². The third kappa shape index (κ3) is 2.90. The fourth-order valence-electron chi connectivity index (χ4n) is 2.00.